The lowest BCUT2D eigenvalue weighted by Gasteiger charge is -2.31. The highest BCUT2D eigenvalue weighted by Gasteiger charge is 2.20. The molecule has 3 N–H and O–H groups in total. The number of ether oxygens (including phenoxy) is 2. The summed E-state index contributed by atoms with van der Waals surface area (Å²) in [7, 11) is 1.65. The van der Waals surface area contributed by atoms with Gasteiger partial charge in [0, 0.05) is 50.7 Å². The SMILES string of the molecule is COc1ccc(OC[C@@H](O)CN2CCC(O)CC2)c(CNCc2ccncc2C)c1. The molecule has 7 heteroatoms. The molecule has 1 aromatic heterocycles. The molecule has 30 heavy (non-hydrogen) atoms. The first-order valence-corrected chi connectivity index (χ1v) is 10.5. The zero-order valence-electron chi connectivity index (χ0n) is 17.9. The Kier molecular flexibility index (Phi) is 8.45. The number of piperidine rings is 1. The van der Waals surface area contributed by atoms with E-state index in [1.807, 2.05) is 30.5 Å². The van der Waals surface area contributed by atoms with E-state index in [0.29, 0.717) is 13.1 Å². The average molecular weight is 416 g/mol. The summed E-state index contributed by atoms with van der Waals surface area (Å²) < 4.78 is 11.3. The molecule has 0 bridgehead atoms. The van der Waals surface area contributed by atoms with Crippen LogP contribution < -0.4 is 14.8 Å². The molecule has 0 aliphatic carbocycles. The Hall–Kier alpha value is -2.19. The molecule has 1 aliphatic rings. The topological polar surface area (TPSA) is 87.1 Å². The van der Waals surface area contributed by atoms with Crippen LogP contribution in [0.2, 0.25) is 0 Å². The van der Waals surface area contributed by atoms with Gasteiger partial charge in [-0.15, -0.1) is 0 Å². The first-order valence-electron chi connectivity index (χ1n) is 10.5. The van der Waals surface area contributed by atoms with E-state index in [1.54, 1.807) is 13.3 Å². The summed E-state index contributed by atoms with van der Waals surface area (Å²) in [6.45, 7) is 5.80. The first kappa shape index (κ1) is 22.5. The number of nitrogens with zero attached hydrogens (tertiary/aromatic N) is 2. The number of pyridine rings is 1. The number of aromatic nitrogens is 1. The third-order valence-electron chi connectivity index (χ3n) is 5.49. The molecule has 1 saturated heterocycles. The second-order valence-corrected chi connectivity index (χ2v) is 7.88. The molecule has 164 valence electrons. The van der Waals surface area contributed by atoms with Gasteiger partial charge in [-0.3, -0.25) is 4.98 Å². The zero-order chi connectivity index (χ0) is 21.3. The molecule has 1 fully saturated rings. The van der Waals surface area contributed by atoms with Crippen LogP contribution in [0.4, 0.5) is 0 Å². The van der Waals surface area contributed by atoms with Crippen LogP contribution in [0.25, 0.3) is 0 Å². The fraction of sp³-hybridized carbons (Fsp3) is 0.522. The standard InChI is InChI=1S/C23H33N3O4/c1-17-12-24-8-5-18(17)13-25-14-19-11-22(29-2)3-4-23(19)30-16-21(28)15-26-9-6-20(27)7-10-26/h3-5,8,11-12,20-21,25,27-28H,6-7,9-10,13-16H2,1-2H3/t21-/m0/s1. The number of methoxy groups -OCH3 is 1. The molecule has 2 heterocycles. The van der Waals surface area contributed by atoms with E-state index in [9.17, 15) is 10.2 Å². The highest BCUT2D eigenvalue weighted by atomic mass is 16.5. The molecular weight excluding hydrogens is 382 g/mol. The van der Waals surface area contributed by atoms with Crippen LogP contribution >= 0.6 is 0 Å². The van der Waals surface area contributed by atoms with Gasteiger partial charge in [0.25, 0.3) is 0 Å². The Morgan fingerprint density at radius 2 is 1.97 bits per heavy atom. The lowest BCUT2D eigenvalue weighted by atomic mass is 10.1. The summed E-state index contributed by atoms with van der Waals surface area (Å²) in [6.07, 6.45) is 4.40. The number of aryl methyl sites for hydroxylation is 1. The molecule has 1 atom stereocenters. The van der Waals surface area contributed by atoms with Gasteiger partial charge >= 0.3 is 0 Å². The third-order valence-corrected chi connectivity index (χ3v) is 5.49. The van der Waals surface area contributed by atoms with E-state index in [4.69, 9.17) is 9.47 Å². The fourth-order valence-electron chi connectivity index (χ4n) is 3.63. The van der Waals surface area contributed by atoms with Crippen LogP contribution in [0.1, 0.15) is 29.5 Å². The van der Waals surface area contributed by atoms with E-state index in [-0.39, 0.29) is 12.7 Å². The minimum absolute atomic E-state index is 0.208. The van der Waals surface area contributed by atoms with Gasteiger partial charge in [-0.2, -0.15) is 0 Å². The lowest BCUT2D eigenvalue weighted by Crippen LogP contribution is -2.41. The number of benzene rings is 1. The molecule has 7 nitrogen and oxygen atoms in total. The van der Waals surface area contributed by atoms with Crippen molar-refractivity contribution in [1.29, 1.82) is 0 Å². The summed E-state index contributed by atoms with van der Waals surface area (Å²) in [6, 6.07) is 7.73. The minimum atomic E-state index is -0.581. The van der Waals surface area contributed by atoms with Crippen LogP contribution in [-0.4, -0.2) is 65.7 Å². The van der Waals surface area contributed by atoms with Gasteiger partial charge in [0.1, 0.15) is 24.2 Å². The largest absolute Gasteiger partial charge is 0.497 e. The third kappa shape index (κ3) is 6.67. The quantitative estimate of drug-likeness (QED) is 0.546. The van der Waals surface area contributed by atoms with Crippen molar-refractivity contribution in [2.75, 3.05) is 33.4 Å². The molecule has 2 aromatic rings. The summed E-state index contributed by atoms with van der Waals surface area (Å²) in [5.74, 6) is 1.51. The molecule has 1 aromatic carbocycles. The van der Waals surface area contributed by atoms with Gasteiger partial charge in [0.15, 0.2) is 0 Å². The number of hydrogen-bond donors (Lipinski definition) is 3. The molecule has 0 amide bonds. The van der Waals surface area contributed by atoms with E-state index < -0.39 is 6.10 Å². The number of nitrogens with one attached hydrogen (secondary N) is 1. The van der Waals surface area contributed by atoms with E-state index >= 15 is 0 Å². The predicted molar refractivity (Wildman–Crippen MR) is 116 cm³/mol. The van der Waals surface area contributed by atoms with Gasteiger partial charge < -0.3 is 29.9 Å². The van der Waals surface area contributed by atoms with Gasteiger partial charge in [0.2, 0.25) is 0 Å². The second-order valence-electron chi connectivity index (χ2n) is 7.88. The van der Waals surface area contributed by atoms with Crippen molar-refractivity contribution in [3.63, 3.8) is 0 Å². The van der Waals surface area contributed by atoms with Crippen molar-refractivity contribution in [2.45, 2.75) is 45.1 Å². The van der Waals surface area contributed by atoms with Gasteiger partial charge in [-0.1, -0.05) is 0 Å². The normalized spacial score (nSPS) is 16.4. The Labute approximate surface area is 178 Å². The summed E-state index contributed by atoms with van der Waals surface area (Å²) in [5, 5.41) is 23.5. The number of likely N-dealkylation sites (tertiary alicyclic amines) is 1. The number of aliphatic hydroxyl groups is 2. The van der Waals surface area contributed by atoms with Gasteiger partial charge in [-0.25, -0.2) is 0 Å². The van der Waals surface area contributed by atoms with Gasteiger partial charge in [-0.05, 0) is 55.2 Å². The molecule has 0 radical (unpaired) electrons. The van der Waals surface area contributed by atoms with E-state index in [0.717, 1.165) is 55.1 Å². The number of aliphatic hydroxyl groups excluding tert-OH is 2. The van der Waals surface area contributed by atoms with Crippen LogP contribution in [0.3, 0.4) is 0 Å². The number of β-amino-alcohol motifs (C(OH)–C–C–N with tert-alkyl or cyclic N) is 1. The summed E-state index contributed by atoms with van der Waals surface area (Å²) in [5.41, 5.74) is 3.34. The number of hydrogen-bond acceptors (Lipinski definition) is 7. The maximum Gasteiger partial charge on any atom is 0.124 e. The van der Waals surface area contributed by atoms with E-state index in [1.165, 1.54) is 5.56 Å². The van der Waals surface area contributed by atoms with Crippen LogP contribution in [0, 0.1) is 6.92 Å². The Balaban J connectivity index is 1.54. The van der Waals surface area contributed by atoms with Gasteiger partial charge in [0.05, 0.1) is 13.2 Å². The Morgan fingerprint density at radius 1 is 1.20 bits per heavy atom. The molecular formula is C23H33N3O4. The highest BCUT2D eigenvalue weighted by Crippen LogP contribution is 2.24. The summed E-state index contributed by atoms with van der Waals surface area (Å²) in [4.78, 5) is 6.31. The molecule has 3 rings (SSSR count). The highest BCUT2D eigenvalue weighted by molar-refractivity contribution is 5.40. The Morgan fingerprint density at radius 3 is 2.70 bits per heavy atom. The van der Waals surface area contributed by atoms with Crippen molar-refractivity contribution >= 4 is 0 Å². The van der Waals surface area contributed by atoms with Crippen LogP contribution in [-0.2, 0) is 13.1 Å². The lowest BCUT2D eigenvalue weighted by molar-refractivity contribution is 0.0336. The van der Waals surface area contributed by atoms with Crippen LogP contribution in [0.15, 0.2) is 36.7 Å². The van der Waals surface area contributed by atoms with Crippen molar-refractivity contribution in [3.8, 4) is 11.5 Å². The monoisotopic (exact) mass is 415 g/mol. The second kappa shape index (κ2) is 11.3. The molecule has 1 aliphatic heterocycles. The number of rotatable bonds is 10. The molecule has 0 spiro atoms. The minimum Gasteiger partial charge on any atom is -0.497 e. The Bertz CT molecular complexity index is 794. The predicted octanol–water partition coefficient (Wildman–Crippen LogP) is 1.88. The smallest absolute Gasteiger partial charge is 0.124 e. The fourth-order valence-corrected chi connectivity index (χ4v) is 3.63. The first-order chi connectivity index (χ1) is 14.5. The van der Waals surface area contributed by atoms with Crippen molar-refractivity contribution < 1.29 is 19.7 Å². The summed E-state index contributed by atoms with van der Waals surface area (Å²) >= 11 is 0. The molecule has 0 unspecified atom stereocenters. The van der Waals surface area contributed by atoms with Crippen molar-refractivity contribution in [3.05, 3.63) is 53.3 Å². The van der Waals surface area contributed by atoms with Crippen molar-refractivity contribution in [1.82, 2.24) is 15.2 Å². The van der Waals surface area contributed by atoms with Crippen LogP contribution in [0.5, 0.6) is 11.5 Å². The average Bonchev–Trinajstić information content (AvgIpc) is 2.75. The molecule has 0 saturated carbocycles. The maximum atomic E-state index is 10.4. The zero-order valence-corrected chi connectivity index (χ0v) is 17.9. The van der Waals surface area contributed by atoms with Crippen molar-refractivity contribution in [2.24, 2.45) is 0 Å². The van der Waals surface area contributed by atoms with E-state index in [2.05, 4.69) is 22.1 Å². The maximum absolute atomic E-state index is 10.4.